The average Bonchev–Trinajstić information content (AvgIpc) is 2.78. The van der Waals surface area contributed by atoms with Gasteiger partial charge in [-0.1, -0.05) is 25.1 Å². The monoisotopic (exact) mass is 407 g/mol. The van der Waals surface area contributed by atoms with Gasteiger partial charge in [0, 0.05) is 5.69 Å². The Hall–Kier alpha value is -3.54. The maximum Gasteiger partial charge on any atom is 0.335 e. The van der Waals surface area contributed by atoms with E-state index >= 15 is 0 Å². The fourth-order valence-corrected chi connectivity index (χ4v) is 3.58. The molecule has 0 fully saturated rings. The number of hydrogen-bond acceptors (Lipinski definition) is 5. The number of benzene rings is 3. The molecular weight excluding hydrogens is 382 g/mol. The Bertz CT molecular complexity index is 1060. The molecule has 3 aromatic carbocycles. The number of methoxy groups -OCH3 is 2. The number of anilines is 1. The minimum absolute atomic E-state index is 0.144. The van der Waals surface area contributed by atoms with E-state index in [0.717, 1.165) is 27.8 Å². The van der Waals surface area contributed by atoms with Gasteiger partial charge in [-0.3, -0.25) is 4.79 Å². The molecule has 6 nitrogen and oxygen atoms in total. The van der Waals surface area contributed by atoms with Crippen LogP contribution in [-0.4, -0.2) is 31.3 Å². The van der Waals surface area contributed by atoms with Crippen LogP contribution in [0.2, 0.25) is 0 Å². The summed E-state index contributed by atoms with van der Waals surface area (Å²) in [5.41, 5.74) is 1.31. The fraction of sp³-hybridized carbons (Fsp3) is 0.250. The summed E-state index contributed by atoms with van der Waals surface area (Å²) in [6.07, 6.45) is 0.775. The Labute approximate surface area is 175 Å². The number of hydrogen-bond donors (Lipinski definition) is 2. The molecule has 30 heavy (non-hydrogen) atoms. The van der Waals surface area contributed by atoms with E-state index in [9.17, 15) is 14.7 Å². The van der Waals surface area contributed by atoms with Crippen molar-refractivity contribution < 1.29 is 24.2 Å². The van der Waals surface area contributed by atoms with E-state index in [-0.39, 0.29) is 18.0 Å². The highest BCUT2D eigenvalue weighted by Gasteiger charge is 2.34. The smallest absolute Gasteiger partial charge is 0.335 e. The number of fused-ring (bicyclic) bond motifs is 1. The third kappa shape index (κ3) is 4.38. The van der Waals surface area contributed by atoms with Crippen LogP contribution in [0.4, 0.5) is 5.69 Å². The second-order valence-corrected chi connectivity index (χ2v) is 7.12. The van der Waals surface area contributed by atoms with Gasteiger partial charge >= 0.3 is 11.9 Å². The molecule has 0 saturated carbocycles. The van der Waals surface area contributed by atoms with E-state index in [0.29, 0.717) is 6.42 Å². The van der Waals surface area contributed by atoms with Crippen LogP contribution >= 0.6 is 0 Å². The van der Waals surface area contributed by atoms with Crippen LogP contribution in [0, 0.1) is 0 Å². The molecular formula is C24H25NO5. The third-order valence-electron chi connectivity index (χ3n) is 5.39. The number of carbonyl (C=O) groups is 2. The highest BCUT2D eigenvalue weighted by Crippen LogP contribution is 2.36. The molecule has 156 valence electrons. The normalized spacial score (nSPS) is 12.8. The van der Waals surface area contributed by atoms with Gasteiger partial charge in [-0.15, -0.1) is 0 Å². The third-order valence-corrected chi connectivity index (χ3v) is 5.39. The van der Waals surface area contributed by atoms with Crippen molar-refractivity contribution in [1.82, 2.24) is 0 Å². The molecule has 1 unspecified atom stereocenters. The van der Waals surface area contributed by atoms with Crippen molar-refractivity contribution in [3.8, 4) is 5.75 Å². The summed E-state index contributed by atoms with van der Waals surface area (Å²) in [6.45, 7) is 2.01. The van der Waals surface area contributed by atoms with E-state index in [1.54, 1.807) is 25.3 Å². The minimum atomic E-state index is -0.962. The number of carboxylic acid groups (broad SMARTS) is 1. The highest BCUT2D eigenvalue weighted by molar-refractivity contribution is 5.94. The molecule has 0 aliphatic carbocycles. The number of carboxylic acids is 1. The van der Waals surface area contributed by atoms with Crippen molar-refractivity contribution in [2.75, 3.05) is 19.5 Å². The van der Waals surface area contributed by atoms with Crippen molar-refractivity contribution >= 4 is 28.4 Å². The second kappa shape index (κ2) is 8.86. The largest absolute Gasteiger partial charge is 0.497 e. The Morgan fingerprint density at radius 3 is 2.23 bits per heavy atom. The second-order valence-electron chi connectivity index (χ2n) is 7.12. The van der Waals surface area contributed by atoms with Gasteiger partial charge in [0.25, 0.3) is 0 Å². The van der Waals surface area contributed by atoms with Crippen molar-refractivity contribution in [2.24, 2.45) is 0 Å². The Kier molecular flexibility index (Phi) is 6.26. The van der Waals surface area contributed by atoms with Gasteiger partial charge in [-0.05, 0) is 65.2 Å². The van der Waals surface area contributed by atoms with E-state index < -0.39 is 11.5 Å². The summed E-state index contributed by atoms with van der Waals surface area (Å²) in [4.78, 5) is 23.5. The lowest BCUT2D eigenvalue weighted by molar-refractivity contribution is -0.142. The summed E-state index contributed by atoms with van der Waals surface area (Å²) in [6, 6.07) is 18.3. The van der Waals surface area contributed by atoms with Crippen molar-refractivity contribution in [3.05, 3.63) is 71.8 Å². The predicted octanol–water partition coefficient (Wildman–Crippen LogP) is 4.83. The van der Waals surface area contributed by atoms with Gasteiger partial charge in [0.05, 0.1) is 31.7 Å². The van der Waals surface area contributed by atoms with Gasteiger partial charge in [0.2, 0.25) is 0 Å². The molecule has 0 amide bonds. The van der Waals surface area contributed by atoms with Gasteiger partial charge < -0.3 is 19.9 Å². The molecule has 1 atom stereocenters. The number of nitrogens with one attached hydrogen (secondary N) is 1. The number of esters is 1. The Morgan fingerprint density at radius 1 is 0.967 bits per heavy atom. The van der Waals surface area contributed by atoms with Crippen LogP contribution in [0.3, 0.4) is 0 Å². The first-order valence-corrected chi connectivity index (χ1v) is 9.67. The lowest BCUT2D eigenvalue weighted by Crippen LogP contribution is -2.37. The van der Waals surface area contributed by atoms with Crippen LogP contribution in [0.5, 0.6) is 5.75 Å². The molecule has 3 aromatic rings. The number of rotatable bonds is 8. The van der Waals surface area contributed by atoms with E-state index in [4.69, 9.17) is 9.47 Å². The first-order chi connectivity index (χ1) is 14.4. The van der Waals surface area contributed by atoms with Crippen LogP contribution in [0.15, 0.2) is 60.7 Å². The summed E-state index contributed by atoms with van der Waals surface area (Å²) in [5.74, 6) is -0.537. The molecule has 0 bridgehead atoms. The average molecular weight is 407 g/mol. The van der Waals surface area contributed by atoms with Gasteiger partial charge in [0.1, 0.15) is 5.75 Å². The van der Waals surface area contributed by atoms with Crippen LogP contribution in [-0.2, 0) is 15.1 Å². The Morgan fingerprint density at radius 2 is 1.63 bits per heavy atom. The maximum atomic E-state index is 12.3. The zero-order valence-corrected chi connectivity index (χ0v) is 17.3. The number of ether oxygens (including phenoxy) is 2. The molecule has 0 heterocycles. The lowest BCUT2D eigenvalue weighted by atomic mass is 9.82. The molecule has 0 saturated heterocycles. The highest BCUT2D eigenvalue weighted by atomic mass is 16.5. The summed E-state index contributed by atoms with van der Waals surface area (Å²) in [7, 11) is 2.99. The van der Waals surface area contributed by atoms with Crippen LogP contribution < -0.4 is 10.1 Å². The fourth-order valence-electron chi connectivity index (χ4n) is 3.58. The summed E-state index contributed by atoms with van der Waals surface area (Å²) < 4.78 is 10.2. The van der Waals surface area contributed by atoms with E-state index in [2.05, 4.69) is 5.32 Å². The van der Waals surface area contributed by atoms with E-state index in [1.165, 1.54) is 7.11 Å². The molecule has 3 rings (SSSR count). The van der Waals surface area contributed by atoms with Crippen molar-refractivity contribution in [2.45, 2.75) is 25.3 Å². The standard InChI is InChI=1S/C24H25NO5/c1-4-24(15-22(26)30-3,25-20-9-11-21(29-2)12-10-20)19-8-7-16-13-18(23(27)28)6-5-17(16)14-19/h5-14,25H,4,15H2,1-3H3,(H,27,28). The molecule has 0 aromatic heterocycles. The first-order valence-electron chi connectivity index (χ1n) is 9.67. The number of aromatic carboxylic acids is 1. The molecule has 0 aliphatic rings. The molecule has 0 spiro atoms. The zero-order chi connectivity index (χ0) is 21.7. The molecule has 2 N–H and O–H groups in total. The van der Waals surface area contributed by atoms with Crippen molar-refractivity contribution in [1.29, 1.82) is 0 Å². The quantitative estimate of drug-likeness (QED) is 0.521. The maximum absolute atomic E-state index is 12.3. The minimum Gasteiger partial charge on any atom is -0.497 e. The predicted molar refractivity (Wildman–Crippen MR) is 116 cm³/mol. The van der Waals surface area contributed by atoms with E-state index in [1.807, 2.05) is 49.4 Å². The van der Waals surface area contributed by atoms with Crippen LogP contribution in [0.1, 0.15) is 35.7 Å². The van der Waals surface area contributed by atoms with Crippen molar-refractivity contribution in [3.63, 3.8) is 0 Å². The molecule has 6 heteroatoms. The van der Waals surface area contributed by atoms with Crippen LogP contribution in [0.25, 0.3) is 10.8 Å². The molecule has 0 radical (unpaired) electrons. The van der Waals surface area contributed by atoms with Gasteiger partial charge in [0.15, 0.2) is 0 Å². The zero-order valence-electron chi connectivity index (χ0n) is 17.3. The van der Waals surface area contributed by atoms with Gasteiger partial charge in [-0.2, -0.15) is 0 Å². The topological polar surface area (TPSA) is 84.9 Å². The summed E-state index contributed by atoms with van der Waals surface area (Å²) in [5, 5.41) is 14.5. The first kappa shape index (κ1) is 21.2. The summed E-state index contributed by atoms with van der Waals surface area (Å²) >= 11 is 0. The Balaban J connectivity index is 2.06. The SMILES string of the molecule is CCC(CC(=O)OC)(Nc1ccc(OC)cc1)c1ccc2cc(C(=O)O)ccc2c1. The van der Waals surface area contributed by atoms with Gasteiger partial charge in [-0.25, -0.2) is 4.79 Å². The lowest BCUT2D eigenvalue weighted by Gasteiger charge is -2.35. The molecule has 0 aliphatic heterocycles. The number of carbonyl (C=O) groups excluding carboxylic acids is 1.